The van der Waals surface area contributed by atoms with Crippen molar-refractivity contribution in [2.45, 2.75) is 45.1 Å². The first-order valence-electron chi connectivity index (χ1n) is 9.71. The normalized spacial score (nSPS) is 17.1. The Balaban J connectivity index is 1.79. The van der Waals surface area contributed by atoms with Crippen molar-refractivity contribution in [1.82, 2.24) is 4.90 Å². The highest BCUT2D eigenvalue weighted by Gasteiger charge is 2.50. The number of aliphatic hydroxyl groups is 1. The molecule has 2 rings (SSSR count). The van der Waals surface area contributed by atoms with E-state index in [1.54, 1.807) is 13.8 Å². The minimum atomic E-state index is -1.12. The summed E-state index contributed by atoms with van der Waals surface area (Å²) in [7, 11) is 0. The Morgan fingerprint density at radius 2 is 1.89 bits per heavy atom. The molecule has 1 aromatic carbocycles. The molecule has 154 valence electrons. The van der Waals surface area contributed by atoms with E-state index in [-0.39, 0.29) is 18.2 Å². The lowest BCUT2D eigenvalue weighted by Crippen LogP contribution is -2.56. The maximum atomic E-state index is 12.9. The SMILES string of the molecule is C=CCOC(=O)C(C)(C)C1(O)CCN(CCCC(=O)c2ccc(F)cc2)CC1. The van der Waals surface area contributed by atoms with Crippen LogP contribution in [-0.2, 0) is 9.53 Å². The number of esters is 1. The molecule has 0 bridgehead atoms. The highest BCUT2D eigenvalue weighted by Crippen LogP contribution is 2.40. The van der Waals surface area contributed by atoms with E-state index in [2.05, 4.69) is 11.5 Å². The summed E-state index contributed by atoms with van der Waals surface area (Å²) in [5.74, 6) is -0.776. The van der Waals surface area contributed by atoms with Gasteiger partial charge in [0.05, 0.1) is 11.0 Å². The van der Waals surface area contributed by atoms with Gasteiger partial charge in [-0.05, 0) is 63.9 Å². The van der Waals surface area contributed by atoms with Crippen molar-refractivity contribution >= 4 is 11.8 Å². The molecule has 5 nitrogen and oxygen atoms in total. The molecule has 0 aromatic heterocycles. The van der Waals surface area contributed by atoms with Gasteiger partial charge in [0.2, 0.25) is 0 Å². The van der Waals surface area contributed by atoms with E-state index in [4.69, 9.17) is 4.74 Å². The molecular formula is C22H30FNO4. The van der Waals surface area contributed by atoms with Crippen LogP contribution < -0.4 is 0 Å². The first-order valence-corrected chi connectivity index (χ1v) is 9.71. The highest BCUT2D eigenvalue weighted by molar-refractivity contribution is 5.95. The molecule has 1 heterocycles. The lowest BCUT2D eigenvalue weighted by atomic mass is 9.69. The van der Waals surface area contributed by atoms with E-state index in [1.807, 2.05) is 0 Å². The second-order valence-electron chi connectivity index (χ2n) is 7.92. The predicted molar refractivity (Wildman–Crippen MR) is 106 cm³/mol. The molecule has 1 saturated heterocycles. The number of piperidine rings is 1. The second kappa shape index (κ2) is 9.43. The number of carbonyl (C=O) groups is 2. The van der Waals surface area contributed by atoms with Crippen molar-refractivity contribution in [3.63, 3.8) is 0 Å². The van der Waals surface area contributed by atoms with E-state index in [1.165, 1.54) is 30.3 Å². The predicted octanol–water partition coefficient (Wildman–Crippen LogP) is 3.37. The van der Waals surface area contributed by atoms with Crippen LogP contribution in [0.5, 0.6) is 0 Å². The minimum Gasteiger partial charge on any atom is -0.461 e. The molecule has 0 radical (unpaired) electrons. The van der Waals surface area contributed by atoms with E-state index < -0.39 is 17.0 Å². The van der Waals surface area contributed by atoms with Crippen molar-refractivity contribution in [3.8, 4) is 0 Å². The lowest BCUT2D eigenvalue weighted by Gasteiger charge is -2.46. The number of Topliss-reactive ketones (excluding diaryl/α,β-unsaturated/α-hetero) is 1. The van der Waals surface area contributed by atoms with Gasteiger partial charge in [0.15, 0.2) is 5.78 Å². The molecule has 0 spiro atoms. The second-order valence-corrected chi connectivity index (χ2v) is 7.92. The molecule has 28 heavy (non-hydrogen) atoms. The number of ketones is 1. The fourth-order valence-corrected chi connectivity index (χ4v) is 3.52. The third kappa shape index (κ3) is 5.26. The molecule has 0 saturated carbocycles. The van der Waals surface area contributed by atoms with Gasteiger partial charge in [-0.15, -0.1) is 0 Å². The largest absolute Gasteiger partial charge is 0.461 e. The molecule has 1 aliphatic heterocycles. The monoisotopic (exact) mass is 391 g/mol. The van der Waals surface area contributed by atoms with Gasteiger partial charge in [0.1, 0.15) is 12.4 Å². The summed E-state index contributed by atoms with van der Waals surface area (Å²) in [6.07, 6.45) is 3.53. The molecule has 0 aliphatic carbocycles. The molecule has 6 heteroatoms. The summed E-state index contributed by atoms with van der Waals surface area (Å²) in [5, 5.41) is 11.0. The first kappa shape index (κ1) is 22.2. The van der Waals surface area contributed by atoms with Crippen molar-refractivity contribution in [2.24, 2.45) is 5.41 Å². The summed E-state index contributed by atoms with van der Waals surface area (Å²) < 4.78 is 18.1. The minimum absolute atomic E-state index is 0.000359. The smallest absolute Gasteiger partial charge is 0.314 e. The van der Waals surface area contributed by atoms with Gasteiger partial charge in [-0.2, -0.15) is 0 Å². The van der Waals surface area contributed by atoms with Gasteiger partial charge in [-0.3, -0.25) is 9.59 Å². The van der Waals surface area contributed by atoms with Crippen molar-refractivity contribution < 1.29 is 23.8 Å². The summed E-state index contributed by atoms with van der Waals surface area (Å²) in [5.41, 5.74) is -1.60. The molecule has 0 amide bonds. The van der Waals surface area contributed by atoms with Gasteiger partial charge in [-0.25, -0.2) is 4.39 Å². The summed E-state index contributed by atoms with van der Waals surface area (Å²) >= 11 is 0. The lowest BCUT2D eigenvalue weighted by molar-refractivity contribution is -0.176. The average Bonchev–Trinajstić information content (AvgIpc) is 2.68. The zero-order valence-electron chi connectivity index (χ0n) is 16.7. The first-order chi connectivity index (χ1) is 13.2. The number of benzene rings is 1. The fourth-order valence-electron chi connectivity index (χ4n) is 3.52. The van der Waals surface area contributed by atoms with Crippen LogP contribution >= 0.6 is 0 Å². The summed E-state index contributed by atoms with van der Waals surface area (Å²) in [6.45, 7) is 9.14. The van der Waals surface area contributed by atoms with E-state index >= 15 is 0 Å². The zero-order chi connectivity index (χ0) is 20.8. The van der Waals surface area contributed by atoms with Gasteiger partial charge in [0.25, 0.3) is 0 Å². The quantitative estimate of drug-likeness (QED) is 0.397. The van der Waals surface area contributed by atoms with Crippen LogP contribution in [0.4, 0.5) is 4.39 Å². The fraction of sp³-hybridized carbons (Fsp3) is 0.545. The number of rotatable bonds is 9. The third-order valence-electron chi connectivity index (χ3n) is 5.73. The molecule has 1 fully saturated rings. The van der Waals surface area contributed by atoms with E-state index in [0.717, 1.165) is 6.54 Å². The van der Waals surface area contributed by atoms with Gasteiger partial charge < -0.3 is 14.7 Å². The Kier molecular flexibility index (Phi) is 7.49. The molecule has 1 aromatic rings. The number of hydrogen-bond donors (Lipinski definition) is 1. The summed E-state index contributed by atoms with van der Waals surface area (Å²) in [6, 6.07) is 5.60. The van der Waals surface area contributed by atoms with Crippen LogP contribution in [0.15, 0.2) is 36.9 Å². The highest BCUT2D eigenvalue weighted by atomic mass is 19.1. The molecule has 1 aliphatic rings. The van der Waals surface area contributed by atoms with Crippen LogP contribution in [0.3, 0.4) is 0 Å². The van der Waals surface area contributed by atoms with Crippen molar-refractivity contribution in [3.05, 3.63) is 48.3 Å². The average molecular weight is 391 g/mol. The van der Waals surface area contributed by atoms with Crippen molar-refractivity contribution in [1.29, 1.82) is 0 Å². The Labute approximate surface area is 166 Å². The summed E-state index contributed by atoms with van der Waals surface area (Å²) in [4.78, 5) is 26.7. The topological polar surface area (TPSA) is 66.8 Å². The standard InChI is InChI=1S/C22H30FNO4/c1-4-16-28-20(26)21(2,3)22(27)11-14-24(15-12-22)13-5-6-19(25)17-7-9-18(23)10-8-17/h4,7-10,27H,1,5-6,11-16H2,2-3H3. The molecule has 0 unspecified atom stereocenters. The van der Waals surface area contributed by atoms with Crippen LogP contribution in [0.2, 0.25) is 0 Å². The van der Waals surface area contributed by atoms with Crippen molar-refractivity contribution in [2.75, 3.05) is 26.2 Å². The number of halogens is 1. The maximum absolute atomic E-state index is 12.9. The molecule has 0 atom stereocenters. The number of hydrogen-bond acceptors (Lipinski definition) is 5. The third-order valence-corrected chi connectivity index (χ3v) is 5.73. The number of nitrogens with zero attached hydrogens (tertiary/aromatic N) is 1. The Bertz CT molecular complexity index is 691. The maximum Gasteiger partial charge on any atom is 0.314 e. The van der Waals surface area contributed by atoms with Crippen LogP contribution in [0, 0.1) is 11.2 Å². The Morgan fingerprint density at radius 1 is 1.29 bits per heavy atom. The molecule has 1 N–H and O–H groups in total. The van der Waals surface area contributed by atoms with Gasteiger partial charge in [0, 0.05) is 25.1 Å². The van der Waals surface area contributed by atoms with Crippen LogP contribution in [0.25, 0.3) is 0 Å². The molecular weight excluding hydrogens is 361 g/mol. The van der Waals surface area contributed by atoms with Crippen LogP contribution in [-0.4, -0.2) is 53.6 Å². The number of likely N-dealkylation sites (tertiary alicyclic amines) is 1. The number of ether oxygens (including phenoxy) is 1. The zero-order valence-corrected chi connectivity index (χ0v) is 16.7. The van der Waals surface area contributed by atoms with Gasteiger partial charge >= 0.3 is 5.97 Å². The van der Waals surface area contributed by atoms with E-state index in [0.29, 0.717) is 44.3 Å². The Hall–Kier alpha value is -2.05. The van der Waals surface area contributed by atoms with E-state index in [9.17, 15) is 19.1 Å². The van der Waals surface area contributed by atoms with Gasteiger partial charge in [-0.1, -0.05) is 12.7 Å². The number of carbonyl (C=O) groups excluding carboxylic acids is 2. The Morgan fingerprint density at radius 3 is 2.46 bits per heavy atom. The van der Waals surface area contributed by atoms with Crippen LogP contribution in [0.1, 0.15) is 49.9 Å².